The Morgan fingerprint density at radius 2 is 1.76 bits per heavy atom. The van der Waals surface area contributed by atoms with Crippen molar-refractivity contribution in [1.29, 1.82) is 0 Å². The average molecular weight is 235 g/mol. The number of hydrogen-bond acceptors (Lipinski definition) is 2. The van der Waals surface area contributed by atoms with Crippen LogP contribution in [0.4, 0.5) is 0 Å². The molecule has 2 unspecified atom stereocenters. The van der Waals surface area contributed by atoms with E-state index in [-0.39, 0.29) is 11.5 Å². The highest BCUT2D eigenvalue weighted by atomic mass is 16.5. The van der Waals surface area contributed by atoms with Crippen LogP contribution in [0.25, 0.3) is 0 Å². The minimum atomic E-state index is 0.0937. The number of ether oxygens (including phenoxy) is 1. The molecule has 0 aliphatic rings. The maximum atomic E-state index is 5.72. The van der Waals surface area contributed by atoms with E-state index in [1.165, 1.54) is 5.56 Å². The monoisotopic (exact) mass is 235 g/mol. The molecule has 0 bridgehead atoms. The van der Waals surface area contributed by atoms with Crippen LogP contribution in [0.15, 0.2) is 30.3 Å². The summed E-state index contributed by atoms with van der Waals surface area (Å²) in [6, 6.07) is 10.7. The molecule has 0 saturated heterocycles. The Kier molecular flexibility index (Phi) is 5.16. The molecule has 0 radical (unpaired) electrons. The van der Waals surface area contributed by atoms with Crippen LogP contribution in [0.5, 0.6) is 0 Å². The molecular weight excluding hydrogens is 210 g/mol. The lowest BCUT2D eigenvalue weighted by atomic mass is 9.81. The van der Waals surface area contributed by atoms with E-state index in [0.29, 0.717) is 6.04 Å². The first-order valence-corrected chi connectivity index (χ1v) is 6.31. The maximum Gasteiger partial charge on any atom is 0.0979 e. The molecule has 2 heteroatoms. The SMILES string of the molecule is CCNC(C(OC)c1ccccc1)C(C)(C)C. The van der Waals surface area contributed by atoms with Crippen LogP contribution in [0.2, 0.25) is 0 Å². The van der Waals surface area contributed by atoms with E-state index >= 15 is 0 Å². The number of hydrogen-bond donors (Lipinski definition) is 1. The highest BCUT2D eigenvalue weighted by molar-refractivity contribution is 5.20. The molecule has 1 aromatic carbocycles. The van der Waals surface area contributed by atoms with Crippen molar-refractivity contribution in [2.45, 2.75) is 39.8 Å². The molecule has 0 aliphatic heterocycles. The third kappa shape index (κ3) is 3.83. The van der Waals surface area contributed by atoms with Gasteiger partial charge in [0.05, 0.1) is 6.10 Å². The van der Waals surface area contributed by atoms with Crippen LogP contribution in [-0.2, 0) is 4.74 Å². The van der Waals surface area contributed by atoms with E-state index in [4.69, 9.17) is 4.74 Å². The first kappa shape index (κ1) is 14.2. The molecule has 2 nitrogen and oxygen atoms in total. The number of methoxy groups -OCH3 is 1. The minimum Gasteiger partial charge on any atom is -0.375 e. The zero-order chi connectivity index (χ0) is 12.9. The second kappa shape index (κ2) is 6.18. The van der Waals surface area contributed by atoms with E-state index in [2.05, 4.69) is 57.3 Å². The van der Waals surface area contributed by atoms with Crippen molar-refractivity contribution in [1.82, 2.24) is 5.32 Å². The summed E-state index contributed by atoms with van der Waals surface area (Å²) in [6.45, 7) is 9.82. The fourth-order valence-corrected chi connectivity index (χ4v) is 2.19. The molecule has 0 fully saturated rings. The van der Waals surface area contributed by atoms with Gasteiger partial charge in [0.25, 0.3) is 0 Å². The highest BCUT2D eigenvalue weighted by Gasteiger charge is 2.32. The van der Waals surface area contributed by atoms with Gasteiger partial charge in [0, 0.05) is 13.2 Å². The Morgan fingerprint density at radius 1 is 1.18 bits per heavy atom. The van der Waals surface area contributed by atoms with E-state index in [1.54, 1.807) is 7.11 Å². The predicted octanol–water partition coefficient (Wildman–Crippen LogP) is 3.40. The van der Waals surface area contributed by atoms with Crippen LogP contribution in [0.3, 0.4) is 0 Å². The molecule has 1 N–H and O–H groups in total. The van der Waals surface area contributed by atoms with Gasteiger partial charge in [-0.1, -0.05) is 58.0 Å². The summed E-state index contributed by atoms with van der Waals surface area (Å²) in [5.74, 6) is 0. The lowest BCUT2D eigenvalue weighted by Crippen LogP contribution is -2.45. The second-order valence-corrected chi connectivity index (χ2v) is 5.47. The molecule has 0 aliphatic carbocycles. The lowest BCUT2D eigenvalue weighted by molar-refractivity contribution is 0.0283. The largest absolute Gasteiger partial charge is 0.375 e. The third-order valence-corrected chi connectivity index (χ3v) is 3.04. The highest BCUT2D eigenvalue weighted by Crippen LogP contribution is 2.32. The number of rotatable bonds is 5. The number of benzene rings is 1. The molecule has 1 rings (SSSR count). The Balaban J connectivity index is 2.98. The quantitative estimate of drug-likeness (QED) is 0.844. The fourth-order valence-electron chi connectivity index (χ4n) is 2.19. The normalized spacial score (nSPS) is 15.6. The van der Waals surface area contributed by atoms with E-state index in [9.17, 15) is 0 Å². The summed E-state index contributed by atoms with van der Waals surface area (Å²) in [7, 11) is 1.79. The summed E-state index contributed by atoms with van der Waals surface area (Å²) < 4.78 is 5.72. The zero-order valence-electron chi connectivity index (χ0n) is 11.7. The fraction of sp³-hybridized carbons (Fsp3) is 0.600. The van der Waals surface area contributed by atoms with E-state index in [0.717, 1.165) is 6.54 Å². The molecule has 1 aromatic rings. The predicted molar refractivity (Wildman–Crippen MR) is 73.1 cm³/mol. The molecule has 0 aromatic heterocycles. The van der Waals surface area contributed by atoms with Crippen molar-refractivity contribution in [2.75, 3.05) is 13.7 Å². The topological polar surface area (TPSA) is 21.3 Å². The molecule has 0 amide bonds. The van der Waals surface area contributed by atoms with Crippen molar-refractivity contribution >= 4 is 0 Å². The Hall–Kier alpha value is -0.860. The van der Waals surface area contributed by atoms with E-state index in [1.807, 2.05) is 6.07 Å². The maximum absolute atomic E-state index is 5.72. The van der Waals surface area contributed by atoms with Gasteiger partial charge in [-0.25, -0.2) is 0 Å². The van der Waals surface area contributed by atoms with Gasteiger partial charge in [0.1, 0.15) is 0 Å². The zero-order valence-corrected chi connectivity index (χ0v) is 11.7. The van der Waals surface area contributed by atoms with Gasteiger partial charge in [-0.05, 0) is 17.5 Å². The summed E-state index contributed by atoms with van der Waals surface area (Å²) in [5.41, 5.74) is 1.39. The van der Waals surface area contributed by atoms with Crippen LogP contribution < -0.4 is 5.32 Å². The Labute approximate surface area is 105 Å². The molecular formula is C15H25NO. The molecule has 0 heterocycles. The van der Waals surface area contributed by atoms with Crippen LogP contribution in [0, 0.1) is 5.41 Å². The standard InChI is InChI=1S/C15H25NO/c1-6-16-14(15(2,3)4)13(17-5)12-10-8-7-9-11-12/h7-11,13-14,16H,6H2,1-5H3. The average Bonchev–Trinajstić information content (AvgIpc) is 2.29. The molecule has 0 spiro atoms. The van der Waals surface area contributed by atoms with Gasteiger partial charge in [0.15, 0.2) is 0 Å². The van der Waals surface area contributed by atoms with Crippen molar-refractivity contribution in [3.63, 3.8) is 0 Å². The van der Waals surface area contributed by atoms with Crippen molar-refractivity contribution in [3.8, 4) is 0 Å². The van der Waals surface area contributed by atoms with Crippen molar-refractivity contribution in [2.24, 2.45) is 5.41 Å². The molecule has 96 valence electrons. The van der Waals surface area contributed by atoms with Gasteiger partial charge in [-0.3, -0.25) is 0 Å². The summed E-state index contributed by atoms with van der Waals surface area (Å²) >= 11 is 0. The number of nitrogens with one attached hydrogen (secondary N) is 1. The van der Waals surface area contributed by atoms with Gasteiger partial charge >= 0.3 is 0 Å². The minimum absolute atomic E-state index is 0.0937. The second-order valence-electron chi connectivity index (χ2n) is 5.47. The van der Waals surface area contributed by atoms with Crippen LogP contribution >= 0.6 is 0 Å². The van der Waals surface area contributed by atoms with Gasteiger partial charge < -0.3 is 10.1 Å². The van der Waals surface area contributed by atoms with Crippen LogP contribution in [-0.4, -0.2) is 19.7 Å². The van der Waals surface area contributed by atoms with Gasteiger partial charge in [0.2, 0.25) is 0 Å². The number of likely N-dealkylation sites (N-methyl/N-ethyl adjacent to an activating group) is 1. The summed E-state index contributed by atoms with van der Waals surface area (Å²) in [4.78, 5) is 0. The first-order valence-electron chi connectivity index (χ1n) is 6.31. The van der Waals surface area contributed by atoms with E-state index < -0.39 is 0 Å². The third-order valence-electron chi connectivity index (χ3n) is 3.04. The molecule has 2 atom stereocenters. The Bertz CT molecular complexity index is 315. The van der Waals surface area contributed by atoms with Crippen LogP contribution in [0.1, 0.15) is 39.4 Å². The summed E-state index contributed by atoms with van der Waals surface area (Å²) in [5, 5.41) is 3.55. The van der Waals surface area contributed by atoms with Crippen molar-refractivity contribution < 1.29 is 4.74 Å². The Morgan fingerprint density at radius 3 is 2.18 bits per heavy atom. The first-order chi connectivity index (χ1) is 8.00. The molecule has 0 saturated carbocycles. The molecule has 17 heavy (non-hydrogen) atoms. The van der Waals surface area contributed by atoms with Gasteiger partial charge in [-0.2, -0.15) is 0 Å². The van der Waals surface area contributed by atoms with Gasteiger partial charge in [-0.15, -0.1) is 0 Å². The van der Waals surface area contributed by atoms with Crippen molar-refractivity contribution in [3.05, 3.63) is 35.9 Å². The summed E-state index contributed by atoms with van der Waals surface area (Å²) in [6.07, 6.45) is 0.0937. The smallest absolute Gasteiger partial charge is 0.0979 e. The lowest BCUT2D eigenvalue weighted by Gasteiger charge is -2.37.